The number of aromatic nitrogens is 3. The molecule has 2 saturated carbocycles. The minimum atomic E-state index is 0.259. The lowest BCUT2D eigenvalue weighted by Crippen LogP contribution is -2.49. The van der Waals surface area contributed by atoms with E-state index in [2.05, 4.69) is 21.7 Å². The lowest BCUT2D eigenvalue weighted by molar-refractivity contribution is -0.135. The SMILES string of the molecule is C=CCn1c(SCC(=O)N(C2CCCCC2)C2CCCCC2)nnc1-c1ccc(Cl)cc1. The Morgan fingerprint density at radius 3 is 2.19 bits per heavy atom. The molecule has 0 bridgehead atoms. The van der Waals surface area contributed by atoms with Gasteiger partial charge in [-0.3, -0.25) is 9.36 Å². The number of allylic oxidation sites excluding steroid dienone is 1. The van der Waals surface area contributed by atoms with E-state index in [1.807, 2.05) is 34.9 Å². The Kier molecular flexibility index (Phi) is 8.31. The molecule has 172 valence electrons. The quantitative estimate of drug-likeness (QED) is 0.331. The third-order valence-electron chi connectivity index (χ3n) is 6.68. The maximum absolute atomic E-state index is 13.5. The summed E-state index contributed by atoms with van der Waals surface area (Å²) < 4.78 is 2.03. The highest BCUT2D eigenvalue weighted by atomic mass is 35.5. The number of rotatable bonds is 8. The highest BCUT2D eigenvalue weighted by Gasteiger charge is 2.32. The van der Waals surface area contributed by atoms with Crippen LogP contribution >= 0.6 is 23.4 Å². The summed E-state index contributed by atoms with van der Waals surface area (Å²) in [4.78, 5) is 15.8. The van der Waals surface area contributed by atoms with Gasteiger partial charge in [0.2, 0.25) is 5.91 Å². The van der Waals surface area contributed by atoms with Gasteiger partial charge in [-0.25, -0.2) is 0 Å². The Bertz CT molecular complexity index is 883. The van der Waals surface area contributed by atoms with Gasteiger partial charge in [-0.15, -0.1) is 16.8 Å². The Balaban J connectivity index is 1.49. The molecule has 1 heterocycles. The lowest BCUT2D eigenvalue weighted by atomic mass is 9.88. The number of benzene rings is 1. The van der Waals surface area contributed by atoms with Gasteiger partial charge in [-0.2, -0.15) is 0 Å². The molecule has 2 aromatic rings. The minimum absolute atomic E-state index is 0.259. The van der Waals surface area contributed by atoms with Crippen LogP contribution in [-0.2, 0) is 11.3 Å². The first-order valence-electron chi connectivity index (χ1n) is 11.9. The summed E-state index contributed by atoms with van der Waals surface area (Å²) >= 11 is 7.54. The highest BCUT2D eigenvalue weighted by Crippen LogP contribution is 2.32. The molecule has 1 amide bonds. The van der Waals surface area contributed by atoms with Gasteiger partial charge in [-0.05, 0) is 49.9 Å². The van der Waals surface area contributed by atoms with Crippen molar-refractivity contribution in [2.24, 2.45) is 0 Å². The minimum Gasteiger partial charge on any atom is -0.336 e. The summed E-state index contributed by atoms with van der Waals surface area (Å²) in [5.74, 6) is 1.44. The fourth-order valence-electron chi connectivity index (χ4n) is 5.13. The largest absolute Gasteiger partial charge is 0.336 e. The molecule has 2 aliphatic carbocycles. The number of carbonyl (C=O) groups excluding carboxylic acids is 1. The van der Waals surface area contributed by atoms with Crippen LogP contribution < -0.4 is 0 Å². The van der Waals surface area contributed by atoms with Crippen molar-refractivity contribution in [2.75, 3.05) is 5.75 Å². The molecule has 2 aliphatic rings. The number of amides is 1. The van der Waals surface area contributed by atoms with Crippen LogP contribution in [0.25, 0.3) is 11.4 Å². The smallest absolute Gasteiger partial charge is 0.233 e. The second-order valence-corrected chi connectivity index (χ2v) is 10.3. The van der Waals surface area contributed by atoms with Crippen LogP contribution in [0.2, 0.25) is 5.02 Å². The Morgan fingerprint density at radius 2 is 1.62 bits per heavy atom. The molecule has 1 aromatic heterocycles. The molecule has 2 fully saturated rings. The van der Waals surface area contributed by atoms with Crippen LogP contribution in [0.4, 0.5) is 0 Å². The van der Waals surface area contributed by atoms with Crippen LogP contribution in [0.5, 0.6) is 0 Å². The van der Waals surface area contributed by atoms with Gasteiger partial charge < -0.3 is 4.90 Å². The van der Waals surface area contributed by atoms with Gasteiger partial charge in [0.25, 0.3) is 0 Å². The Morgan fingerprint density at radius 1 is 1.03 bits per heavy atom. The topological polar surface area (TPSA) is 51.0 Å². The lowest BCUT2D eigenvalue weighted by Gasteiger charge is -2.41. The van der Waals surface area contributed by atoms with Crippen LogP contribution in [0.3, 0.4) is 0 Å². The summed E-state index contributed by atoms with van der Waals surface area (Å²) in [6.45, 7) is 4.48. The number of thioether (sulfide) groups is 1. The molecule has 0 saturated heterocycles. The number of carbonyl (C=O) groups is 1. The summed E-state index contributed by atoms with van der Waals surface area (Å²) in [5.41, 5.74) is 0.952. The highest BCUT2D eigenvalue weighted by molar-refractivity contribution is 7.99. The standard InChI is InChI=1S/C25H33ClN4OS/c1-2-17-29-24(19-13-15-20(26)16-14-19)27-28-25(29)32-18-23(31)30(21-9-5-3-6-10-21)22-11-7-4-8-12-22/h2,13-16,21-22H,1,3-12,17-18H2. The zero-order valence-electron chi connectivity index (χ0n) is 18.7. The first-order chi connectivity index (χ1) is 15.7. The fourth-order valence-corrected chi connectivity index (χ4v) is 6.07. The normalized spacial score (nSPS) is 17.9. The van der Waals surface area contributed by atoms with E-state index in [1.54, 1.807) is 0 Å². The van der Waals surface area contributed by atoms with Crippen molar-refractivity contribution in [2.45, 2.75) is 88.0 Å². The van der Waals surface area contributed by atoms with E-state index >= 15 is 0 Å². The molecule has 0 radical (unpaired) electrons. The van der Waals surface area contributed by atoms with E-state index in [-0.39, 0.29) is 5.91 Å². The molecule has 32 heavy (non-hydrogen) atoms. The molecule has 1 aromatic carbocycles. The molecule has 0 aliphatic heterocycles. The van der Waals surface area contributed by atoms with Crippen molar-refractivity contribution in [3.05, 3.63) is 41.9 Å². The fraction of sp³-hybridized carbons (Fsp3) is 0.560. The monoisotopic (exact) mass is 472 g/mol. The average Bonchev–Trinajstić information content (AvgIpc) is 3.22. The summed E-state index contributed by atoms with van der Waals surface area (Å²) in [7, 11) is 0. The zero-order valence-corrected chi connectivity index (χ0v) is 20.3. The Labute approximate surface area is 200 Å². The molecule has 7 heteroatoms. The van der Waals surface area contributed by atoms with Crippen LogP contribution in [0.1, 0.15) is 64.2 Å². The molecular formula is C25H33ClN4OS. The maximum Gasteiger partial charge on any atom is 0.233 e. The maximum atomic E-state index is 13.5. The number of hydrogen-bond acceptors (Lipinski definition) is 4. The van der Waals surface area contributed by atoms with Crippen molar-refractivity contribution in [1.82, 2.24) is 19.7 Å². The third-order valence-corrected chi connectivity index (χ3v) is 7.88. The predicted molar refractivity (Wildman–Crippen MR) is 132 cm³/mol. The zero-order chi connectivity index (χ0) is 22.3. The van der Waals surface area contributed by atoms with Crippen molar-refractivity contribution in [1.29, 1.82) is 0 Å². The van der Waals surface area contributed by atoms with Crippen molar-refractivity contribution < 1.29 is 4.79 Å². The van der Waals surface area contributed by atoms with Gasteiger partial charge in [-0.1, -0.05) is 68.0 Å². The molecule has 0 spiro atoms. The molecule has 4 rings (SSSR count). The Hall–Kier alpha value is -1.79. The van der Waals surface area contributed by atoms with Crippen LogP contribution in [-0.4, -0.2) is 43.4 Å². The van der Waals surface area contributed by atoms with Crippen LogP contribution in [0, 0.1) is 0 Å². The van der Waals surface area contributed by atoms with Crippen molar-refractivity contribution >= 4 is 29.3 Å². The predicted octanol–water partition coefficient (Wildman–Crippen LogP) is 6.37. The number of halogens is 1. The van der Waals surface area contributed by atoms with Gasteiger partial charge in [0, 0.05) is 29.2 Å². The number of nitrogens with zero attached hydrogens (tertiary/aromatic N) is 4. The van der Waals surface area contributed by atoms with E-state index in [0.717, 1.165) is 42.2 Å². The second-order valence-electron chi connectivity index (χ2n) is 8.89. The molecule has 0 N–H and O–H groups in total. The van der Waals surface area contributed by atoms with Crippen molar-refractivity contribution in [3.63, 3.8) is 0 Å². The first-order valence-corrected chi connectivity index (χ1v) is 13.3. The first kappa shape index (κ1) is 23.4. The van der Waals surface area contributed by atoms with Gasteiger partial charge in [0.15, 0.2) is 11.0 Å². The van der Waals surface area contributed by atoms with E-state index in [9.17, 15) is 4.79 Å². The summed E-state index contributed by atoms with van der Waals surface area (Å²) in [5, 5.41) is 10.3. The second kappa shape index (κ2) is 11.4. The summed E-state index contributed by atoms with van der Waals surface area (Å²) in [6.07, 6.45) is 14.0. The van der Waals surface area contributed by atoms with Gasteiger partial charge in [0.05, 0.1) is 5.75 Å². The molecule has 0 atom stereocenters. The molecule has 0 unspecified atom stereocenters. The third kappa shape index (κ3) is 5.57. The van der Waals surface area contributed by atoms with E-state index in [1.165, 1.54) is 50.3 Å². The van der Waals surface area contributed by atoms with Crippen LogP contribution in [0.15, 0.2) is 42.1 Å². The average molecular weight is 473 g/mol. The van der Waals surface area contributed by atoms with E-state index < -0.39 is 0 Å². The summed E-state index contributed by atoms with van der Waals surface area (Å²) in [6, 6.07) is 8.42. The van der Waals surface area contributed by atoms with E-state index in [4.69, 9.17) is 11.6 Å². The van der Waals surface area contributed by atoms with Gasteiger partial charge >= 0.3 is 0 Å². The molecular weight excluding hydrogens is 440 g/mol. The van der Waals surface area contributed by atoms with E-state index in [0.29, 0.717) is 29.4 Å². The van der Waals surface area contributed by atoms with Gasteiger partial charge in [0.1, 0.15) is 0 Å². The van der Waals surface area contributed by atoms with Crippen molar-refractivity contribution in [3.8, 4) is 11.4 Å². The molecule has 5 nitrogen and oxygen atoms in total. The number of hydrogen-bond donors (Lipinski definition) is 0.